The van der Waals surface area contributed by atoms with Gasteiger partial charge < -0.3 is 9.84 Å². The Hall–Kier alpha value is -3.11. The molecule has 0 aliphatic heterocycles. The summed E-state index contributed by atoms with van der Waals surface area (Å²) in [6, 6.07) is 24.7. The van der Waals surface area contributed by atoms with Crippen molar-refractivity contribution in [2.75, 3.05) is 0 Å². The van der Waals surface area contributed by atoms with Gasteiger partial charge in [0.05, 0.1) is 0 Å². The van der Waals surface area contributed by atoms with Crippen LogP contribution < -0.4 is 4.74 Å². The Morgan fingerprint density at radius 1 is 0.893 bits per heavy atom. The molecule has 0 unspecified atom stereocenters. The molecule has 0 atom stereocenters. The number of fused-ring (bicyclic) bond motifs is 1. The maximum atomic E-state index is 10.7. The lowest BCUT2D eigenvalue weighted by atomic mass is 10.0. The second-order valence-electron chi connectivity index (χ2n) is 6.70. The lowest BCUT2D eigenvalue weighted by molar-refractivity contribution is -0.136. The van der Waals surface area contributed by atoms with E-state index in [2.05, 4.69) is 53.9 Å². The molecule has 0 saturated heterocycles. The van der Waals surface area contributed by atoms with Gasteiger partial charge in [0.1, 0.15) is 12.4 Å². The lowest BCUT2D eigenvalue weighted by Gasteiger charge is -2.09. The number of benzene rings is 3. The van der Waals surface area contributed by atoms with E-state index >= 15 is 0 Å². The van der Waals surface area contributed by atoms with E-state index in [-0.39, 0.29) is 6.42 Å². The Morgan fingerprint density at radius 3 is 2.54 bits per heavy atom. The van der Waals surface area contributed by atoms with Crippen molar-refractivity contribution in [3.8, 4) is 16.9 Å². The average Bonchev–Trinajstić information content (AvgIpc) is 3.19. The quantitative estimate of drug-likeness (QED) is 0.412. The van der Waals surface area contributed by atoms with E-state index in [9.17, 15) is 4.79 Å². The van der Waals surface area contributed by atoms with Crippen molar-refractivity contribution < 1.29 is 14.6 Å². The molecule has 0 spiro atoms. The highest BCUT2D eigenvalue weighted by Gasteiger charge is 2.04. The van der Waals surface area contributed by atoms with Crippen LogP contribution in [0, 0.1) is 0 Å². The number of aryl methyl sites for hydroxylation is 1. The van der Waals surface area contributed by atoms with Crippen LogP contribution in [0.5, 0.6) is 5.75 Å². The molecule has 0 fully saturated rings. The number of carboxylic acid groups (broad SMARTS) is 1. The molecule has 0 aliphatic carbocycles. The normalized spacial score (nSPS) is 10.9. The Labute approximate surface area is 167 Å². The van der Waals surface area contributed by atoms with E-state index in [1.54, 1.807) is 11.3 Å². The van der Waals surface area contributed by atoms with Crippen LogP contribution in [0.25, 0.3) is 21.2 Å². The molecule has 3 nitrogen and oxygen atoms in total. The van der Waals surface area contributed by atoms with Gasteiger partial charge in [-0.25, -0.2) is 0 Å². The van der Waals surface area contributed by atoms with Gasteiger partial charge in [0.15, 0.2) is 0 Å². The Balaban J connectivity index is 1.42. The molecule has 4 aromatic rings. The molecule has 0 aliphatic rings. The Kier molecular flexibility index (Phi) is 5.40. The van der Waals surface area contributed by atoms with E-state index in [0.29, 0.717) is 13.0 Å². The van der Waals surface area contributed by atoms with Crippen molar-refractivity contribution >= 4 is 27.4 Å². The molecule has 0 radical (unpaired) electrons. The van der Waals surface area contributed by atoms with E-state index in [1.165, 1.54) is 21.2 Å². The fourth-order valence-electron chi connectivity index (χ4n) is 3.16. The van der Waals surface area contributed by atoms with Crippen LogP contribution in [0.4, 0.5) is 0 Å². The van der Waals surface area contributed by atoms with Gasteiger partial charge in [-0.1, -0.05) is 36.4 Å². The fourth-order valence-corrected chi connectivity index (χ4v) is 3.93. The minimum Gasteiger partial charge on any atom is -0.489 e. The number of rotatable bonds is 7. The molecule has 1 N–H and O–H groups in total. The van der Waals surface area contributed by atoms with Crippen molar-refractivity contribution in [3.63, 3.8) is 0 Å². The first-order chi connectivity index (χ1) is 13.7. The summed E-state index contributed by atoms with van der Waals surface area (Å²) in [7, 11) is 0. The summed E-state index contributed by atoms with van der Waals surface area (Å²) in [5.74, 6) is 0.00234. The fraction of sp³-hybridized carbons (Fsp3) is 0.125. The van der Waals surface area contributed by atoms with Crippen molar-refractivity contribution in [1.82, 2.24) is 0 Å². The van der Waals surface area contributed by atoms with Gasteiger partial charge in [-0.3, -0.25) is 4.79 Å². The van der Waals surface area contributed by atoms with E-state index in [1.807, 2.05) is 24.3 Å². The molecule has 3 aromatic carbocycles. The summed E-state index contributed by atoms with van der Waals surface area (Å²) in [4.78, 5) is 10.7. The van der Waals surface area contributed by atoms with Gasteiger partial charge in [0, 0.05) is 11.1 Å². The molecule has 0 amide bonds. The first-order valence-electron chi connectivity index (χ1n) is 9.17. The van der Waals surface area contributed by atoms with Crippen molar-refractivity contribution in [1.29, 1.82) is 0 Å². The predicted octanol–water partition coefficient (Wildman–Crippen LogP) is 6.16. The van der Waals surface area contributed by atoms with Crippen LogP contribution >= 0.6 is 11.3 Å². The predicted molar refractivity (Wildman–Crippen MR) is 114 cm³/mol. The SMILES string of the molecule is O=C(O)CCc1ccc(OCc2cccc(-c3ccc4sccc4c3)c2)cc1. The maximum Gasteiger partial charge on any atom is 0.303 e. The third-order valence-electron chi connectivity index (χ3n) is 4.67. The largest absolute Gasteiger partial charge is 0.489 e. The topological polar surface area (TPSA) is 46.5 Å². The van der Waals surface area contributed by atoms with E-state index in [0.717, 1.165) is 16.9 Å². The molecule has 1 heterocycles. The molecule has 4 rings (SSSR count). The van der Waals surface area contributed by atoms with Gasteiger partial charge in [0.25, 0.3) is 0 Å². The number of aliphatic carboxylic acids is 1. The van der Waals surface area contributed by atoms with Crippen LogP contribution in [-0.4, -0.2) is 11.1 Å². The van der Waals surface area contributed by atoms with E-state index < -0.39 is 5.97 Å². The zero-order chi connectivity index (χ0) is 19.3. The maximum absolute atomic E-state index is 10.7. The Morgan fingerprint density at radius 2 is 1.71 bits per heavy atom. The Bertz CT molecular complexity index is 1100. The number of hydrogen-bond acceptors (Lipinski definition) is 3. The lowest BCUT2D eigenvalue weighted by Crippen LogP contribution is -1.98. The zero-order valence-electron chi connectivity index (χ0n) is 15.3. The highest BCUT2D eigenvalue weighted by molar-refractivity contribution is 7.17. The van der Waals surface area contributed by atoms with Crippen LogP contribution in [0.15, 0.2) is 78.2 Å². The number of ether oxygens (including phenoxy) is 1. The minimum atomic E-state index is -0.779. The number of carboxylic acids is 1. The molecule has 1 aromatic heterocycles. The second kappa shape index (κ2) is 8.28. The van der Waals surface area contributed by atoms with Crippen molar-refractivity contribution in [3.05, 3.63) is 89.3 Å². The molecule has 0 saturated carbocycles. The summed E-state index contributed by atoms with van der Waals surface area (Å²) < 4.78 is 7.21. The number of hydrogen-bond donors (Lipinski definition) is 1. The molecule has 4 heteroatoms. The van der Waals surface area contributed by atoms with Gasteiger partial charge in [-0.2, -0.15) is 0 Å². The van der Waals surface area contributed by atoms with Gasteiger partial charge >= 0.3 is 5.97 Å². The summed E-state index contributed by atoms with van der Waals surface area (Å²) in [6.07, 6.45) is 0.677. The molecule has 0 bridgehead atoms. The first kappa shape index (κ1) is 18.3. The van der Waals surface area contributed by atoms with Crippen molar-refractivity contribution in [2.24, 2.45) is 0 Å². The molecular weight excluding hydrogens is 368 g/mol. The summed E-state index contributed by atoms with van der Waals surface area (Å²) in [6.45, 7) is 0.489. The minimum absolute atomic E-state index is 0.143. The monoisotopic (exact) mass is 388 g/mol. The summed E-state index contributed by atoms with van der Waals surface area (Å²) >= 11 is 1.76. The smallest absolute Gasteiger partial charge is 0.303 e. The summed E-state index contributed by atoms with van der Waals surface area (Å²) in [5.41, 5.74) is 4.49. The van der Waals surface area contributed by atoms with Crippen LogP contribution in [0.2, 0.25) is 0 Å². The summed E-state index contributed by atoms with van der Waals surface area (Å²) in [5, 5.41) is 12.1. The second-order valence-corrected chi connectivity index (χ2v) is 7.65. The third kappa shape index (κ3) is 4.41. The highest BCUT2D eigenvalue weighted by Crippen LogP contribution is 2.28. The number of thiophene rings is 1. The van der Waals surface area contributed by atoms with Gasteiger partial charge in [-0.05, 0) is 75.8 Å². The average molecular weight is 388 g/mol. The third-order valence-corrected chi connectivity index (χ3v) is 5.57. The highest BCUT2D eigenvalue weighted by atomic mass is 32.1. The van der Waals surface area contributed by atoms with E-state index in [4.69, 9.17) is 9.84 Å². The van der Waals surface area contributed by atoms with Crippen LogP contribution in [0.1, 0.15) is 17.5 Å². The number of carbonyl (C=O) groups is 1. The van der Waals surface area contributed by atoms with Gasteiger partial charge in [-0.15, -0.1) is 11.3 Å². The molecule has 140 valence electrons. The standard InChI is InChI=1S/C24H20O3S/c25-24(26)11-6-17-4-8-22(9-5-17)27-16-18-2-1-3-19(14-18)20-7-10-23-21(15-20)12-13-28-23/h1-5,7-10,12-15H,6,11,16H2,(H,25,26). The zero-order valence-corrected chi connectivity index (χ0v) is 16.1. The first-order valence-corrected chi connectivity index (χ1v) is 10.1. The van der Waals surface area contributed by atoms with Gasteiger partial charge in [0.2, 0.25) is 0 Å². The van der Waals surface area contributed by atoms with Crippen LogP contribution in [-0.2, 0) is 17.8 Å². The molecular formula is C24H20O3S. The van der Waals surface area contributed by atoms with Crippen molar-refractivity contribution in [2.45, 2.75) is 19.4 Å². The van der Waals surface area contributed by atoms with Crippen LogP contribution in [0.3, 0.4) is 0 Å². The molecule has 28 heavy (non-hydrogen) atoms.